The Labute approximate surface area is 391 Å². The average Bonchev–Trinajstić information content (AvgIpc) is 3.21. The zero-order chi connectivity index (χ0) is 45.7. The molecule has 0 saturated heterocycles. The summed E-state index contributed by atoms with van der Waals surface area (Å²) in [6.45, 7) is 10.2. The zero-order valence-corrected chi connectivity index (χ0v) is 41.8. The van der Waals surface area contributed by atoms with Crippen LogP contribution in [0.2, 0.25) is 0 Å². The normalized spacial score (nSPS) is 14.5. The summed E-state index contributed by atoms with van der Waals surface area (Å²) in [6.07, 6.45) is 5.02. The molecule has 0 unspecified atom stereocenters. The molecule has 0 atom stereocenters. The number of rotatable bonds is 4. The number of aliphatic hydroxyl groups is 1. The molecule has 0 radical (unpaired) electrons. The van der Waals surface area contributed by atoms with E-state index in [9.17, 15) is 22.0 Å². The van der Waals surface area contributed by atoms with Crippen LogP contribution in [0.25, 0.3) is 10.9 Å². The Kier molecular flexibility index (Phi) is 18.7. The number of fused-ring (bicyclic) bond motifs is 3. The molecule has 62 heavy (non-hydrogen) atoms. The fourth-order valence-electron chi connectivity index (χ4n) is 6.58. The second kappa shape index (κ2) is 23.0. The number of aliphatic imine (C=N–C) groups is 2. The number of hydrogen-bond acceptors (Lipinski definition) is 8. The molecule has 8 rings (SSSR count). The number of nitrogens with two attached hydrogens (primary N) is 1. The molecule has 0 aliphatic carbocycles. The molecule has 9 nitrogen and oxygen atoms in total. The van der Waals surface area contributed by atoms with Crippen LogP contribution in [0.4, 0.5) is 14.5 Å². The van der Waals surface area contributed by atoms with Gasteiger partial charge in [0.25, 0.3) is 10.1 Å². The minimum atomic E-state index is -4.02. The number of aliphatic hydroxyl groups excluding tert-OH is 1. The first kappa shape index (κ1) is 50.5. The molecule has 0 fully saturated rings. The van der Waals surface area contributed by atoms with Gasteiger partial charge < -0.3 is 10.8 Å². The molecule has 5 aromatic carbocycles. The van der Waals surface area contributed by atoms with Crippen molar-refractivity contribution in [1.29, 1.82) is 0 Å². The van der Waals surface area contributed by atoms with Crippen LogP contribution in [0, 0.1) is 18.6 Å². The number of aryl methyl sites for hydroxylation is 1. The first-order chi connectivity index (χ1) is 29.3. The second-order valence-corrected chi connectivity index (χ2v) is 33.0. The minimum Gasteiger partial charge on any atom is -0.399 e. The van der Waals surface area contributed by atoms with Crippen molar-refractivity contribution in [3.8, 4) is 0 Å². The summed E-state index contributed by atoms with van der Waals surface area (Å²) in [5.41, 5.74) is 14.2. The van der Waals surface area contributed by atoms with Gasteiger partial charge >= 0.3 is 50.5 Å². The molecule has 4 N–H and O–H groups in total. The summed E-state index contributed by atoms with van der Waals surface area (Å²) in [6, 6.07) is 34.8. The summed E-state index contributed by atoms with van der Waals surface area (Å²) in [4.78, 5) is 24.8. The molecule has 3 heterocycles. The molecular weight excluding hydrogens is 1150 g/mol. The van der Waals surface area contributed by atoms with Crippen LogP contribution in [0.1, 0.15) is 61.1 Å². The number of allylic oxidation sites excluding steroid dienone is 1. The van der Waals surface area contributed by atoms with Crippen molar-refractivity contribution in [2.24, 2.45) is 9.98 Å². The van der Waals surface area contributed by atoms with Crippen molar-refractivity contribution >= 4 is 81.6 Å². The maximum atomic E-state index is 13.3. The van der Waals surface area contributed by atoms with Gasteiger partial charge in [-0.1, -0.05) is 72.3 Å². The van der Waals surface area contributed by atoms with Crippen LogP contribution in [-0.2, 0) is 27.8 Å². The quantitative estimate of drug-likeness (QED) is 0.0400. The topological polar surface area (TPSA) is 155 Å². The molecule has 326 valence electrons. The Morgan fingerprint density at radius 1 is 0.774 bits per heavy atom. The predicted octanol–water partition coefficient (Wildman–Crippen LogP) is 8.42. The van der Waals surface area contributed by atoms with Gasteiger partial charge in [0, 0.05) is 40.0 Å². The Morgan fingerprint density at radius 3 is 1.89 bits per heavy atom. The molecule has 15 heteroatoms. The number of nitrogens with zero attached hydrogens (tertiary/aromatic N) is 3. The number of halogens is 5. The number of anilines is 1. The van der Waals surface area contributed by atoms with E-state index in [1.807, 2.05) is 57.2 Å². The number of benzene rings is 5. The van der Waals surface area contributed by atoms with E-state index in [0.29, 0.717) is 36.5 Å². The summed E-state index contributed by atoms with van der Waals surface area (Å²) in [7, 11) is -4.02. The van der Waals surface area contributed by atoms with Gasteiger partial charge in [0.2, 0.25) is 0 Å². The van der Waals surface area contributed by atoms with Gasteiger partial charge in [0.05, 0.1) is 44.7 Å². The summed E-state index contributed by atoms with van der Waals surface area (Å²) < 4.78 is 55.0. The predicted molar refractivity (Wildman–Crippen MR) is 259 cm³/mol. The molecule has 2 aliphatic heterocycles. The Morgan fingerprint density at radius 2 is 1.34 bits per heavy atom. The number of hydrogen-bond donors (Lipinski definition) is 3. The summed E-state index contributed by atoms with van der Waals surface area (Å²) in [5.74, 6) is -0.552. The third-order valence-electron chi connectivity index (χ3n) is 9.25. The van der Waals surface area contributed by atoms with Crippen molar-refractivity contribution in [2.75, 3.05) is 5.73 Å². The number of pyridine rings is 1. The van der Waals surface area contributed by atoms with E-state index in [0.717, 1.165) is 58.0 Å². The summed E-state index contributed by atoms with van der Waals surface area (Å²) >= 11 is 5.30. The Bertz CT molecular complexity index is 2690. The maximum Gasteiger partial charge on any atom is 0.125 e. The van der Waals surface area contributed by atoms with Gasteiger partial charge in [-0.15, -0.1) is 0 Å². The van der Waals surface area contributed by atoms with Gasteiger partial charge in [-0.2, -0.15) is 8.42 Å². The largest absolute Gasteiger partial charge is 0.399 e. The Hall–Kier alpha value is -4.18. The molecule has 1 aromatic heterocycles. The van der Waals surface area contributed by atoms with Crippen LogP contribution in [-0.4, -0.2) is 51.8 Å². The molecule has 0 saturated carbocycles. The number of aldehydes is 1. The van der Waals surface area contributed by atoms with E-state index in [1.54, 1.807) is 36.5 Å². The van der Waals surface area contributed by atoms with Crippen molar-refractivity contribution in [1.82, 2.24) is 4.98 Å². The number of aromatic nitrogens is 1. The second-order valence-electron chi connectivity index (χ2n) is 15.4. The molecule has 6 aromatic rings. The van der Waals surface area contributed by atoms with E-state index in [2.05, 4.69) is 79.3 Å². The van der Waals surface area contributed by atoms with Crippen molar-refractivity contribution < 1.29 is 44.9 Å². The number of carbonyl (C=O) groups excluding carboxylic acids is 1. The van der Waals surface area contributed by atoms with Gasteiger partial charge in [0.1, 0.15) is 11.6 Å². The molecule has 2 aliphatic rings. The number of carbonyl (C=O) groups is 1. The van der Waals surface area contributed by atoms with Crippen LogP contribution in [0.15, 0.2) is 154 Å². The molecule has 0 amide bonds. The van der Waals surface area contributed by atoms with Gasteiger partial charge in [-0.05, 0) is 107 Å². The van der Waals surface area contributed by atoms with Crippen LogP contribution < -0.4 is 19.0 Å². The fraction of sp³-hybridized carbons (Fsp3) is 0.191. The summed E-state index contributed by atoms with van der Waals surface area (Å²) in [5, 5.41) is 10.0. The van der Waals surface area contributed by atoms with E-state index < -0.39 is 10.1 Å². The third-order valence-corrected chi connectivity index (χ3v) is 10.1. The van der Waals surface area contributed by atoms with Crippen LogP contribution in [0.3, 0.4) is 0 Å². The first-order valence-electron chi connectivity index (χ1n) is 18.9. The van der Waals surface area contributed by atoms with E-state index >= 15 is 0 Å². The van der Waals surface area contributed by atoms with Gasteiger partial charge in [0.15, 0.2) is 6.29 Å². The smallest absolute Gasteiger partial charge is 0.125 e. The first-order valence-corrected chi connectivity index (χ1v) is 32.9. The SMILES string of the molecule is CC1(C)Cc2ccccc2C(C(C=O)=CO)=N1.CC1(C)Cc2ccccc2C(c2cnc3cc(F)ccc3c2)=N1.Cc1ccc(S(=O)(=O)O)cc1.I[I-]I.Nc1cccc(F)c1. The average molecular weight is 1200 g/mol. The van der Waals surface area contributed by atoms with Crippen LogP contribution >= 0.6 is 37.2 Å². The standard InChI is InChI=1S/C20H17FN2.C14H15NO2.C7H8O3S.C6H6FN.I3/c1-20(2)11-14-5-3-4-6-17(14)19(23-20)15-9-13-7-8-16(21)10-18(13)22-12-15;1-14(2)7-10-5-3-4-6-12(10)13(15-14)11(8-16)9-17;1-6-2-4-7(5-3-6)11(8,9)10;7-5-2-1-3-6(8)4-5;1-3-2/h3-10,12H,11H2,1-2H3;3-6,8-9,16H,7H2,1-2H3;2-5H,1H3,(H,8,9,10);1-4H,8H2;/q;;;;-1. The van der Waals surface area contributed by atoms with Crippen LogP contribution in [0.5, 0.6) is 0 Å². The minimum absolute atomic E-state index is 0.0666. The zero-order valence-electron chi connectivity index (χ0n) is 34.5. The van der Waals surface area contributed by atoms with E-state index in [1.165, 1.54) is 42.0 Å². The van der Waals surface area contributed by atoms with Crippen molar-refractivity contribution in [2.45, 2.75) is 63.4 Å². The van der Waals surface area contributed by atoms with Crippen molar-refractivity contribution in [3.63, 3.8) is 0 Å². The van der Waals surface area contributed by atoms with E-state index in [-0.39, 0.29) is 33.2 Å². The number of nitrogen functional groups attached to an aromatic ring is 1. The molecular formula is C47H46F2I3N4O5S-. The van der Waals surface area contributed by atoms with Gasteiger partial charge in [-0.3, -0.25) is 24.3 Å². The van der Waals surface area contributed by atoms with E-state index in [4.69, 9.17) is 20.4 Å². The molecule has 0 bridgehead atoms. The van der Waals surface area contributed by atoms with Gasteiger partial charge in [-0.25, -0.2) is 8.78 Å². The van der Waals surface area contributed by atoms with Crippen molar-refractivity contribution in [3.05, 3.63) is 184 Å². The third kappa shape index (κ3) is 15.0. The fourth-order valence-corrected chi connectivity index (χ4v) is 7.06. The maximum absolute atomic E-state index is 13.3. The Balaban J connectivity index is 0.000000190. The monoisotopic (exact) mass is 1200 g/mol. The molecule has 0 spiro atoms.